The number of nitrogens with one attached hydrogen (secondary N) is 1. The molecule has 0 aromatic heterocycles. The predicted molar refractivity (Wildman–Crippen MR) is 50.0 cm³/mol. The molecule has 82 valence electrons. The summed E-state index contributed by atoms with van der Waals surface area (Å²) < 4.78 is 0. The molecule has 0 spiro atoms. The summed E-state index contributed by atoms with van der Waals surface area (Å²) in [6.45, 7) is 1.71. The van der Waals surface area contributed by atoms with E-state index in [1.807, 2.05) is 0 Å². The van der Waals surface area contributed by atoms with E-state index in [1.54, 1.807) is 6.92 Å². The normalized spacial score (nSPS) is 11.9. The van der Waals surface area contributed by atoms with Crippen LogP contribution >= 0.6 is 0 Å². The van der Waals surface area contributed by atoms with Crippen molar-refractivity contribution >= 4 is 12.0 Å². The number of carboxylic acids is 1. The van der Waals surface area contributed by atoms with Crippen molar-refractivity contribution in [3.8, 4) is 0 Å². The van der Waals surface area contributed by atoms with Crippen LogP contribution in [0.4, 0.5) is 4.79 Å². The molecule has 0 rings (SSSR count). The van der Waals surface area contributed by atoms with E-state index in [0.29, 0.717) is 6.42 Å². The van der Waals surface area contributed by atoms with Crippen molar-refractivity contribution in [3.63, 3.8) is 0 Å². The quantitative estimate of drug-likeness (QED) is 0.562. The minimum absolute atomic E-state index is 0.145. The van der Waals surface area contributed by atoms with Crippen molar-refractivity contribution in [1.82, 2.24) is 10.2 Å². The maximum Gasteiger partial charge on any atom is 0.326 e. The highest BCUT2D eigenvalue weighted by Crippen LogP contribution is 1.93. The maximum atomic E-state index is 11.2. The molecular formula is C8H16N2O4. The zero-order chi connectivity index (χ0) is 11.1. The molecule has 6 heteroatoms. The first-order chi connectivity index (χ1) is 6.52. The van der Waals surface area contributed by atoms with Gasteiger partial charge in [0.25, 0.3) is 0 Å². The number of amides is 2. The number of carbonyl (C=O) groups excluding carboxylic acids is 1. The second-order valence-corrected chi connectivity index (χ2v) is 2.89. The van der Waals surface area contributed by atoms with E-state index >= 15 is 0 Å². The van der Waals surface area contributed by atoms with Crippen molar-refractivity contribution in [3.05, 3.63) is 0 Å². The molecule has 2 amide bonds. The molecule has 0 unspecified atom stereocenters. The highest BCUT2D eigenvalue weighted by atomic mass is 16.4. The lowest BCUT2D eigenvalue weighted by Crippen LogP contribution is -2.47. The van der Waals surface area contributed by atoms with Gasteiger partial charge in [-0.05, 0) is 6.42 Å². The molecule has 0 fully saturated rings. The van der Waals surface area contributed by atoms with Gasteiger partial charge in [0.1, 0.15) is 6.04 Å². The summed E-state index contributed by atoms with van der Waals surface area (Å²) in [5.74, 6) is -1.06. The van der Waals surface area contributed by atoms with Gasteiger partial charge in [-0.15, -0.1) is 0 Å². The number of aliphatic hydroxyl groups excluding tert-OH is 1. The average molecular weight is 204 g/mol. The van der Waals surface area contributed by atoms with Crippen LogP contribution in [0.5, 0.6) is 0 Å². The summed E-state index contributed by atoms with van der Waals surface area (Å²) in [6.07, 6.45) is 0.327. The number of likely N-dealkylation sites (N-methyl/N-ethyl adjacent to an activating group) is 1. The Bertz CT molecular complexity index is 208. The lowest BCUT2D eigenvalue weighted by molar-refractivity contribution is -0.139. The monoisotopic (exact) mass is 204 g/mol. The number of aliphatic carboxylic acids is 1. The number of hydrogen-bond acceptors (Lipinski definition) is 3. The molecule has 0 aliphatic carbocycles. The Morgan fingerprint density at radius 1 is 1.50 bits per heavy atom. The van der Waals surface area contributed by atoms with E-state index < -0.39 is 18.0 Å². The molecule has 3 N–H and O–H groups in total. The number of rotatable bonds is 5. The molecule has 0 heterocycles. The zero-order valence-corrected chi connectivity index (χ0v) is 8.36. The molecule has 1 atom stereocenters. The van der Waals surface area contributed by atoms with E-state index in [9.17, 15) is 9.59 Å². The first kappa shape index (κ1) is 12.7. The van der Waals surface area contributed by atoms with Crippen LogP contribution in [-0.4, -0.2) is 53.4 Å². The lowest BCUT2D eigenvalue weighted by atomic mass is 10.2. The Morgan fingerprint density at radius 3 is 2.43 bits per heavy atom. The third-order valence-corrected chi connectivity index (χ3v) is 1.79. The summed E-state index contributed by atoms with van der Waals surface area (Å²) in [5.41, 5.74) is 0. The van der Waals surface area contributed by atoms with Crippen LogP contribution in [-0.2, 0) is 4.79 Å². The van der Waals surface area contributed by atoms with Gasteiger partial charge in [-0.1, -0.05) is 6.92 Å². The second kappa shape index (κ2) is 6.20. The molecule has 6 nitrogen and oxygen atoms in total. The summed E-state index contributed by atoms with van der Waals surface area (Å²) in [7, 11) is 1.49. The van der Waals surface area contributed by atoms with Gasteiger partial charge in [0.05, 0.1) is 6.61 Å². The summed E-state index contributed by atoms with van der Waals surface area (Å²) in [5, 5.41) is 19.5. The fraction of sp³-hybridized carbons (Fsp3) is 0.750. The van der Waals surface area contributed by atoms with E-state index in [-0.39, 0.29) is 13.2 Å². The van der Waals surface area contributed by atoms with Crippen LogP contribution in [0.25, 0.3) is 0 Å². The largest absolute Gasteiger partial charge is 0.480 e. The summed E-state index contributed by atoms with van der Waals surface area (Å²) in [4.78, 5) is 23.0. The first-order valence-electron chi connectivity index (χ1n) is 4.38. The molecule has 0 radical (unpaired) electrons. The van der Waals surface area contributed by atoms with Crippen molar-refractivity contribution in [2.75, 3.05) is 20.2 Å². The zero-order valence-electron chi connectivity index (χ0n) is 8.36. The van der Waals surface area contributed by atoms with Crippen LogP contribution in [0, 0.1) is 0 Å². The summed E-state index contributed by atoms with van der Waals surface area (Å²) >= 11 is 0. The molecular weight excluding hydrogens is 188 g/mol. The average Bonchev–Trinajstić information content (AvgIpc) is 2.13. The SMILES string of the molecule is CC[C@@H](NC(=O)N(C)CCO)C(=O)O. The third-order valence-electron chi connectivity index (χ3n) is 1.79. The molecule has 0 saturated heterocycles. The van der Waals surface area contributed by atoms with Gasteiger partial charge in [-0.2, -0.15) is 0 Å². The van der Waals surface area contributed by atoms with Crippen LogP contribution in [0.1, 0.15) is 13.3 Å². The maximum absolute atomic E-state index is 11.2. The Balaban J connectivity index is 4.08. The Hall–Kier alpha value is -1.30. The van der Waals surface area contributed by atoms with Crippen molar-refractivity contribution < 1.29 is 19.8 Å². The minimum Gasteiger partial charge on any atom is -0.480 e. The summed E-state index contributed by atoms with van der Waals surface area (Å²) in [6, 6.07) is -1.36. The van der Waals surface area contributed by atoms with Gasteiger partial charge in [0.15, 0.2) is 0 Å². The van der Waals surface area contributed by atoms with Crippen LogP contribution in [0.3, 0.4) is 0 Å². The predicted octanol–water partition coefficient (Wildman–Crippen LogP) is -0.517. The number of carboxylic acid groups (broad SMARTS) is 1. The highest BCUT2D eigenvalue weighted by molar-refractivity contribution is 5.82. The second-order valence-electron chi connectivity index (χ2n) is 2.89. The standard InChI is InChI=1S/C8H16N2O4/c1-3-6(7(12)13)9-8(14)10(2)4-5-11/h6,11H,3-5H2,1-2H3,(H,9,14)(H,12,13)/t6-/m1/s1. The minimum atomic E-state index is -1.06. The van der Waals surface area contributed by atoms with Gasteiger partial charge in [-0.25, -0.2) is 9.59 Å². The van der Waals surface area contributed by atoms with Crippen molar-refractivity contribution in [2.45, 2.75) is 19.4 Å². The van der Waals surface area contributed by atoms with Gasteiger partial charge in [-0.3, -0.25) is 0 Å². The number of nitrogens with zero attached hydrogens (tertiary/aromatic N) is 1. The van der Waals surface area contributed by atoms with Gasteiger partial charge < -0.3 is 20.4 Å². The Kier molecular flexibility index (Phi) is 5.62. The lowest BCUT2D eigenvalue weighted by Gasteiger charge is -2.19. The smallest absolute Gasteiger partial charge is 0.326 e. The van der Waals surface area contributed by atoms with Crippen molar-refractivity contribution in [1.29, 1.82) is 0 Å². The molecule has 0 saturated carbocycles. The molecule has 0 bridgehead atoms. The number of urea groups is 1. The highest BCUT2D eigenvalue weighted by Gasteiger charge is 2.19. The van der Waals surface area contributed by atoms with Crippen molar-refractivity contribution in [2.24, 2.45) is 0 Å². The van der Waals surface area contributed by atoms with Crippen LogP contribution < -0.4 is 5.32 Å². The molecule has 14 heavy (non-hydrogen) atoms. The third kappa shape index (κ3) is 4.08. The van der Waals surface area contributed by atoms with Crippen LogP contribution in [0.2, 0.25) is 0 Å². The van der Waals surface area contributed by atoms with Gasteiger partial charge in [0.2, 0.25) is 0 Å². The van der Waals surface area contributed by atoms with E-state index in [0.717, 1.165) is 0 Å². The molecule has 0 aliphatic rings. The number of aliphatic hydroxyl groups is 1. The molecule has 0 aromatic rings. The van der Waals surface area contributed by atoms with E-state index in [1.165, 1.54) is 11.9 Å². The molecule has 0 aliphatic heterocycles. The van der Waals surface area contributed by atoms with Crippen LogP contribution in [0.15, 0.2) is 0 Å². The fourth-order valence-corrected chi connectivity index (χ4v) is 0.849. The Labute approximate surface area is 82.5 Å². The van der Waals surface area contributed by atoms with Gasteiger partial charge in [0, 0.05) is 13.6 Å². The topological polar surface area (TPSA) is 89.9 Å². The van der Waals surface area contributed by atoms with E-state index in [4.69, 9.17) is 10.2 Å². The van der Waals surface area contributed by atoms with Gasteiger partial charge >= 0.3 is 12.0 Å². The number of hydrogen-bond donors (Lipinski definition) is 3. The number of carbonyl (C=O) groups is 2. The first-order valence-corrected chi connectivity index (χ1v) is 4.38. The Morgan fingerprint density at radius 2 is 2.07 bits per heavy atom. The van der Waals surface area contributed by atoms with E-state index in [2.05, 4.69) is 5.32 Å². The fourth-order valence-electron chi connectivity index (χ4n) is 0.849. The molecule has 0 aromatic carbocycles.